The van der Waals surface area contributed by atoms with Crippen LogP contribution in [0.4, 0.5) is 5.82 Å². The van der Waals surface area contributed by atoms with Gasteiger partial charge < -0.3 is 10.2 Å². The number of carbonyl (C=O) groups is 1. The molecule has 3 aromatic rings. The molecule has 1 saturated heterocycles. The summed E-state index contributed by atoms with van der Waals surface area (Å²) in [6.45, 7) is 2.09. The standard InChI is InChI=1S/C18H20N8O/c27-18(21-10-14-1-5-19-6-2-14)15-3-7-25(8-4-15)16-9-17(23-12-22-16)26-13-20-11-24-26/h1-2,5-6,9,11-13,15H,3-4,7-8,10H2,(H,21,27). The van der Waals surface area contributed by atoms with E-state index in [2.05, 4.69) is 35.3 Å². The number of carbonyl (C=O) groups excluding carboxylic acids is 1. The molecule has 27 heavy (non-hydrogen) atoms. The Balaban J connectivity index is 1.32. The Bertz CT molecular complexity index is 875. The average Bonchev–Trinajstić information content (AvgIpc) is 3.28. The van der Waals surface area contributed by atoms with Crippen molar-refractivity contribution in [3.8, 4) is 5.82 Å². The third-order valence-electron chi connectivity index (χ3n) is 4.70. The molecule has 3 aromatic heterocycles. The molecule has 1 fully saturated rings. The first-order valence-electron chi connectivity index (χ1n) is 8.88. The summed E-state index contributed by atoms with van der Waals surface area (Å²) in [5, 5.41) is 7.11. The van der Waals surface area contributed by atoms with Gasteiger partial charge in [-0.2, -0.15) is 5.10 Å². The minimum absolute atomic E-state index is 0.0275. The maximum absolute atomic E-state index is 12.4. The molecule has 4 rings (SSSR count). The van der Waals surface area contributed by atoms with Crippen LogP contribution in [0.2, 0.25) is 0 Å². The summed E-state index contributed by atoms with van der Waals surface area (Å²) in [5.41, 5.74) is 1.05. The predicted octanol–water partition coefficient (Wildman–Crippen LogP) is 0.985. The molecule has 1 amide bonds. The van der Waals surface area contributed by atoms with E-state index in [-0.39, 0.29) is 11.8 Å². The molecule has 0 atom stereocenters. The molecule has 1 aliphatic heterocycles. The van der Waals surface area contributed by atoms with E-state index in [4.69, 9.17) is 0 Å². The predicted molar refractivity (Wildman–Crippen MR) is 98.0 cm³/mol. The van der Waals surface area contributed by atoms with Gasteiger partial charge in [-0.3, -0.25) is 9.78 Å². The first kappa shape index (κ1) is 17.1. The molecule has 0 aromatic carbocycles. The van der Waals surface area contributed by atoms with Gasteiger partial charge in [0.1, 0.15) is 24.8 Å². The molecule has 9 nitrogen and oxygen atoms in total. The first-order valence-corrected chi connectivity index (χ1v) is 8.88. The lowest BCUT2D eigenvalue weighted by Crippen LogP contribution is -2.40. The zero-order valence-corrected chi connectivity index (χ0v) is 14.8. The van der Waals surface area contributed by atoms with Gasteiger partial charge in [-0.15, -0.1) is 0 Å². The largest absolute Gasteiger partial charge is 0.356 e. The summed E-state index contributed by atoms with van der Waals surface area (Å²) >= 11 is 0. The molecular formula is C18H20N8O. The maximum Gasteiger partial charge on any atom is 0.223 e. The Labute approximate surface area is 156 Å². The van der Waals surface area contributed by atoms with Gasteiger partial charge in [0.2, 0.25) is 5.91 Å². The topological polar surface area (TPSA) is 102 Å². The highest BCUT2D eigenvalue weighted by atomic mass is 16.1. The molecule has 1 N–H and O–H groups in total. The second-order valence-electron chi connectivity index (χ2n) is 6.41. The van der Waals surface area contributed by atoms with Gasteiger partial charge in [-0.05, 0) is 30.5 Å². The molecular weight excluding hydrogens is 344 g/mol. The second kappa shape index (κ2) is 7.90. The highest BCUT2D eigenvalue weighted by Crippen LogP contribution is 2.22. The first-order chi connectivity index (χ1) is 13.3. The number of piperidine rings is 1. The lowest BCUT2D eigenvalue weighted by molar-refractivity contribution is -0.125. The highest BCUT2D eigenvalue weighted by molar-refractivity contribution is 5.79. The number of hydrogen-bond donors (Lipinski definition) is 1. The lowest BCUT2D eigenvalue weighted by atomic mass is 9.96. The van der Waals surface area contributed by atoms with Crippen LogP contribution in [-0.4, -0.2) is 48.7 Å². The summed E-state index contributed by atoms with van der Waals surface area (Å²) < 4.78 is 1.60. The molecule has 0 unspecified atom stereocenters. The van der Waals surface area contributed by atoms with Crippen LogP contribution in [0.15, 0.2) is 49.6 Å². The molecule has 0 saturated carbocycles. The number of rotatable bonds is 5. The normalized spacial score (nSPS) is 14.9. The van der Waals surface area contributed by atoms with Crippen molar-refractivity contribution in [2.24, 2.45) is 5.92 Å². The quantitative estimate of drug-likeness (QED) is 0.720. The van der Waals surface area contributed by atoms with Crippen molar-refractivity contribution < 1.29 is 4.79 Å². The van der Waals surface area contributed by atoms with E-state index in [0.717, 1.165) is 37.3 Å². The Morgan fingerprint density at radius 1 is 1.07 bits per heavy atom. The van der Waals surface area contributed by atoms with Crippen molar-refractivity contribution in [2.45, 2.75) is 19.4 Å². The van der Waals surface area contributed by atoms with Crippen LogP contribution in [0.1, 0.15) is 18.4 Å². The van der Waals surface area contributed by atoms with Crippen molar-refractivity contribution in [3.63, 3.8) is 0 Å². The third kappa shape index (κ3) is 4.08. The Kier molecular flexibility index (Phi) is 4.99. The van der Waals surface area contributed by atoms with Crippen LogP contribution in [0.5, 0.6) is 0 Å². The fourth-order valence-electron chi connectivity index (χ4n) is 3.17. The Hall–Kier alpha value is -3.36. The van der Waals surface area contributed by atoms with Gasteiger partial charge in [-0.25, -0.2) is 19.6 Å². The third-order valence-corrected chi connectivity index (χ3v) is 4.70. The SMILES string of the molecule is O=C(NCc1ccncc1)C1CCN(c2cc(-n3cncn3)ncn2)CC1. The summed E-state index contributed by atoms with van der Waals surface area (Å²) in [7, 11) is 0. The van der Waals surface area contributed by atoms with Gasteiger partial charge in [0, 0.05) is 44.0 Å². The number of pyridine rings is 1. The van der Waals surface area contributed by atoms with Gasteiger partial charge in [0.15, 0.2) is 5.82 Å². The van der Waals surface area contributed by atoms with Crippen molar-refractivity contribution >= 4 is 11.7 Å². The molecule has 1 aliphatic rings. The fraction of sp³-hybridized carbons (Fsp3) is 0.333. The summed E-state index contributed by atoms with van der Waals surface area (Å²) in [6.07, 6.45) is 9.66. The molecule has 0 spiro atoms. The van der Waals surface area contributed by atoms with Gasteiger partial charge >= 0.3 is 0 Å². The fourth-order valence-corrected chi connectivity index (χ4v) is 3.17. The monoisotopic (exact) mass is 364 g/mol. The van der Waals surface area contributed by atoms with Crippen LogP contribution >= 0.6 is 0 Å². The molecule has 4 heterocycles. The number of hydrogen-bond acceptors (Lipinski definition) is 7. The van der Waals surface area contributed by atoms with Gasteiger partial charge in [0.25, 0.3) is 0 Å². The summed E-state index contributed by atoms with van der Waals surface area (Å²) in [4.78, 5) is 31.1. The zero-order valence-electron chi connectivity index (χ0n) is 14.8. The maximum atomic E-state index is 12.4. The van der Waals surface area contributed by atoms with Crippen LogP contribution in [0.3, 0.4) is 0 Å². The van der Waals surface area contributed by atoms with E-state index >= 15 is 0 Å². The zero-order chi connectivity index (χ0) is 18.5. The Morgan fingerprint density at radius 2 is 1.85 bits per heavy atom. The van der Waals surface area contributed by atoms with Crippen LogP contribution < -0.4 is 10.2 Å². The average molecular weight is 364 g/mol. The van der Waals surface area contributed by atoms with Gasteiger partial charge in [-0.1, -0.05) is 0 Å². The smallest absolute Gasteiger partial charge is 0.223 e. The molecule has 0 bridgehead atoms. The van der Waals surface area contributed by atoms with E-state index in [1.165, 1.54) is 12.7 Å². The van der Waals surface area contributed by atoms with Crippen molar-refractivity contribution in [1.82, 2.24) is 35.0 Å². The number of nitrogens with one attached hydrogen (secondary N) is 1. The molecule has 0 aliphatic carbocycles. The van der Waals surface area contributed by atoms with Crippen LogP contribution in [-0.2, 0) is 11.3 Å². The summed E-state index contributed by atoms with van der Waals surface area (Å²) in [6, 6.07) is 5.70. The molecule has 9 heteroatoms. The number of anilines is 1. The second-order valence-corrected chi connectivity index (χ2v) is 6.41. The van der Waals surface area contributed by atoms with E-state index in [1.54, 1.807) is 23.4 Å². The Morgan fingerprint density at radius 3 is 2.59 bits per heavy atom. The molecule has 0 radical (unpaired) electrons. The molecule has 138 valence electrons. The van der Waals surface area contributed by atoms with E-state index in [9.17, 15) is 4.79 Å². The number of aromatic nitrogens is 6. The van der Waals surface area contributed by atoms with Gasteiger partial charge in [0.05, 0.1) is 0 Å². The highest BCUT2D eigenvalue weighted by Gasteiger charge is 2.25. The van der Waals surface area contributed by atoms with Crippen molar-refractivity contribution in [1.29, 1.82) is 0 Å². The lowest BCUT2D eigenvalue weighted by Gasteiger charge is -2.32. The van der Waals surface area contributed by atoms with E-state index in [1.807, 2.05) is 18.2 Å². The number of nitrogens with zero attached hydrogens (tertiary/aromatic N) is 7. The van der Waals surface area contributed by atoms with Crippen LogP contribution in [0.25, 0.3) is 5.82 Å². The minimum Gasteiger partial charge on any atom is -0.356 e. The van der Waals surface area contributed by atoms with E-state index < -0.39 is 0 Å². The van der Waals surface area contributed by atoms with Crippen molar-refractivity contribution in [2.75, 3.05) is 18.0 Å². The number of amides is 1. The van der Waals surface area contributed by atoms with Crippen LogP contribution in [0, 0.1) is 5.92 Å². The minimum atomic E-state index is 0.0275. The van der Waals surface area contributed by atoms with Crippen molar-refractivity contribution in [3.05, 3.63) is 55.1 Å². The summed E-state index contributed by atoms with van der Waals surface area (Å²) in [5.74, 6) is 1.65. The van der Waals surface area contributed by atoms with E-state index in [0.29, 0.717) is 12.4 Å².